The average Bonchev–Trinajstić information content (AvgIpc) is 3.60. The highest BCUT2D eigenvalue weighted by molar-refractivity contribution is 7.14. The predicted octanol–water partition coefficient (Wildman–Crippen LogP) is 7.30. The number of benzene rings is 2. The summed E-state index contributed by atoms with van der Waals surface area (Å²) in [5.74, 6) is -2.46. The molecule has 5 aromatic rings. The van der Waals surface area contributed by atoms with Crippen LogP contribution in [0.25, 0.3) is 22.5 Å². The van der Waals surface area contributed by atoms with Gasteiger partial charge in [0.1, 0.15) is 18.5 Å². The van der Waals surface area contributed by atoms with Crippen LogP contribution in [0.4, 0.5) is 4.39 Å². The summed E-state index contributed by atoms with van der Waals surface area (Å²) in [4.78, 5) is 52.4. The minimum absolute atomic E-state index is 0.0703. The van der Waals surface area contributed by atoms with Crippen LogP contribution in [0, 0.1) is 11.7 Å². The van der Waals surface area contributed by atoms with Crippen molar-refractivity contribution in [1.29, 1.82) is 0 Å². The maximum Gasteiger partial charge on any atom is 0.325 e. The molecule has 2 atom stereocenters. The fraction of sp³-hybridized carbons (Fsp3) is 0.263. The van der Waals surface area contributed by atoms with E-state index in [2.05, 4.69) is 41.0 Å². The molecule has 252 valence electrons. The van der Waals surface area contributed by atoms with E-state index in [1.165, 1.54) is 36.7 Å². The number of amides is 1. The number of nitrogens with zero attached hydrogens (tertiary/aromatic N) is 3. The van der Waals surface area contributed by atoms with Gasteiger partial charge in [-0.05, 0) is 42.0 Å². The molecule has 0 radical (unpaired) electrons. The molecule has 0 saturated carbocycles. The zero-order valence-electron chi connectivity index (χ0n) is 27.6. The summed E-state index contributed by atoms with van der Waals surface area (Å²) in [5.41, 5.74) is 3.04. The molecule has 0 fully saturated rings. The Hall–Kier alpha value is -5.29. The molecule has 0 unspecified atom stereocenters. The third-order valence-electron chi connectivity index (χ3n) is 7.87. The number of aromatic nitrogens is 3. The molecule has 2 aromatic carbocycles. The van der Waals surface area contributed by atoms with Gasteiger partial charge in [-0.1, -0.05) is 75.4 Å². The van der Waals surface area contributed by atoms with Gasteiger partial charge in [-0.15, -0.1) is 11.3 Å². The SMILES string of the molecule is C[C@@H](NC(=O)[C@@H](CC(=O)c1ccc(C(C)(C)C)s1)Cc1ccc(-c2ncc(-c3cc(OCc4ccccc4)ncc3F)cn2)cc1)C(=O)O. The third-order valence-corrected chi connectivity index (χ3v) is 9.42. The Morgan fingerprint density at radius 3 is 2.22 bits per heavy atom. The average molecular weight is 681 g/mol. The van der Waals surface area contributed by atoms with Crippen LogP contribution in [0.3, 0.4) is 0 Å². The standard InChI is InChI=1S/C38H37FN4O5S/c1-23(37(46)47)43-36(45)27(17-31(44)32-14-15-33(49-32)38(2,3)4)16-24-10-12-26(13-11-24)35-41-19-28(20-42-35)29-18-34(40-21-30(29)39)48-22-25-8-6-5-7-9-25/h5-15,18-21,23,27H,16-17,22H2,1-4H3,(H,43,45)(H,46,47)/t23-,27-/m1/s1. The zero-order chi connectivity index (χ0) is 35.1. The van der Waals surface area contributed by atoms with Gasteiger partial charge >= 0.3 is 5.97 Å². The molecule has 0 bridgehead atoms. The Labute approximate surface area is 288 Å². The number of hydrogen-bond acceptors (Lipinski definition) is 8. The van der Waals surface area contributed by atoms with E-state index in [4.69, 9.17) is 4.74 Å². The molecule has 0 aliphatic rings. The normalized spacial score (nSPS) is 12.6. The second-order valence-corrected chi connectivity index (χ2v) is 13.9. The number of pyridine rings is 1. The van der Waals surface area contributed by atoms with Gasteiger partial charge in [0, 0.05) is 52.4 Å². The van der Waals surface area contributed by atoms with Crippen LogP contribution in [0.1, 0.15) is 59.8 Å². The summed E-state index contributed by atoms with van der Waals surface area (Å²) in [6.07, 6.45) is 4.31. The van der Waals surface area contributed by atoms with Crippen molar-refractivity contribution >= 4 is 29.0 Å². The largest absolute Gasteiger partial charge is 0.480 e. The number of aliphatic carboxylic acids is 1. The summed E-state index contributed by atoms with van der Waals surface area (Å²) in [6.45, 7) is 7.88. The highest BCUT2D eigenvalue weighted by Crippen LogP contribution is 2.31. The Morgan fingerprint density at radius 2 is 1.59 bits per heavy atom. The van der Waals surface area contributed by atoms with Crippen molar-refractivity contribution < 1.29 is 28.6 Å². The number of halogens is 1. The second-order valence-electron chi connectivity index (χ2n) is 12.8. The first-order valence-electron chi connectivity index (χ1n) is 15.8. The third kappa shape index (κ3) is 9.20. The lowest BCUT2D eigenvalue weighted by Crippen LogP contribution is -2.42. The number of hydrogen-bond donors (Lipinski definition) is 2. The fourth-order valence-corrected chi connectivity index (χ4v) is 6.02. The number of nitrogens with one attached hydrogen (secondary N) is 1. The highest BCUT2D eigenvalue weighted by Gasteiger charge is 2.27. The van der Waals surface area contributed by atoms with Gasteiger partial charge in [0.2, 0.25) is 11.8 Å². The van der Waals surface area contributed by atoms with Gasteiger partial charge in [0.05, 0.1) is 11.1 Å². The number of ketones is 1. The number of carboxylic acid groups (broad SMARTS) is 1. The van der Waals surface area contributed by atoms with Gasteiger partial charge in [0.25, 0.3) is 0 Å². The van der Waals surface area contributed by atoms with Crippen LogP contribution < -0.4 is 10.1 Å². The van der Waals surface area contributed by atoms with E-state index in [0.29, 0.717) is 28.4 Å². The van der Waals surface area contributed by atoms with E-state index in [9.17, 15) is 23.9 Å². The quantitative estimate of drug-likeness (QED) is 0.124. The molecule has 1 amide bonds. The number of ether oxygens (including phenoxy) is 1. The number of carboxylic acids is 1. The van der Waals surface area contributed by atoms with Gasteiger partial charge in [0.15, 0.2) is 11.6 Å². The van der Waals surface area contributed by atoms with Crippen LogP contribution in [0.2, 0.25) is 0 Å². The molecule has 2 N–H and O–H groups in total. The molecule has 0 aliphatic carbocycles. The Bertz CT molecular complexity index is 1920. The molecule has 9 nitrogen and oxygen atoms in total. The fourth-order valence-electron chi connectivity index (χ4n) is 5.01. The molecule has 0 saturated heterocycles. The van der Waals surface area contributed by atoms with E-state index in [1.807, 2.05) is 48.5 Å². The lowest BCUT2D eigenvalue weighted by molar-refractivity contribution is -0.141. The van der Waals surface area contributed by atoms with Crippen LogP contribution in [-0.2, 0) is 28.0 Å². The monoisotopic (exact) mass is 680 g/mol. The number of rotatable bonds is 13. The number of thiophene rings is 1. The van der Waals surface area contributed by atoms with Crippen molar-refractivity contribution in [3.8, 4) is 28.4 Å². The van der Waals surface area contributed by atoms with E-state index >= 15 is 0 Å². The maximum atomic E-state index is 14.7. The molecule has 0 spiro atoms. The van der Waals surface area contributed by atoms with Crippen LogP contribution >= 0.6 is 11.3 Å². The number of Topliss-reactive ketones (excluding diaryl/α,β-unsaturated/α-hetero) is 1. The first kappa shape index (κ1) is 35.0. The van der Waals surface area contributed by atoms with Crippen molar-refractivity contribution in [3.05, 3.63) is 118 Å². The maximum absolute atomic E-state index is 14.7. The van der Waals surface area contributed by atoms with Gasteiger partial charge in [-0.2, -0.15) is 0 Å². The molecule has 3 aromatic heterocycles. The second kappa shape index (κ2) is 15.3. The highest BCUT2D eigenvalue weighted by atomic mass is 32.1. The van der Waals surface area contributed by atoms with Gasteiger partial charge in [-0.25, -0.2) is 19.3 Å². The molecule has 0 aliphatic heterocycles. The molecule has 3 heterocycles. The first-order valence-corrected chi connectivity index (χ1v) is 16.6. The summed E-state index contributed by atoms with van der Waals surface area (Å²) >= 11 is 1.41. The summed E-state index contributed by atoms with van der Waals surface area (Å²) in [6, 6.07) is 21.0. The van der Waals surface area contributed by atoms with Crippen molar-refractivity contribution in [2.45, 2.75) is 58.6 Å². The van der Waals surface area contributed by atoms with Crippen molar-refractivity contribution in [2.75, 3.05) is 0 Å². The van der Waals surface area contributed by atoms with Crippen LogP contribution in [-0.4, -0.2) is 43.8 Å². The lowest BCUT2D eigenvalue weighted by atomic mass is 9.92. The van der Waals surface area contributed by atoms with Crippen molar-refractivity contribution in [1.82, 2.24) is 20.3 Å². The Morgan fingerprint density at radius 1 is 0.898 bits per heavy atom. The summed E-state index contributed by atoms with van der Waals surface area (Å²) in [7, 11) is 0. The first-order chi connectivity index (χ1) is 23.4. The van der Waals surface area contributed by atoms with Crippen LogP contribution in [0.5, 0.6) is 5.88 Å². The topological polar surface area (TPSA) is 131 Å². The van der Waals surface area contributed by atoms with Gasteiger partial charge < -0.3 is 15.2 Å². The van der Waals surface area contributed by atoms with Crippen molar-refractivity contribution in [2.24, 2.45) is 5.92 Å². The van der Waals surface area contributed by atoms with E-state index in [0.717, 1.165) is 22.2 Å². The molecule has 49 heavy (non-hydrogen) atoms. The van der Waals surface area contributed by atoms with Crippen LogP contribution in [0.15, 0.2) is 91.4 Å². The number of carbonyl (C=O) groups is 3. The Balaban J connectivity index is 1.28. The van der Waals surface area contributed by atoms with Crippen molar-refractivity contribution in [3.63, 3.8) is 0 Å². The zero-order valence-corrected chi connectivity index (χ0v) is 28.5. The molecular weight excluding hydrogens is 644 g/mol. The van der Waals surface area contributed by atoms with E-state index in [1.54, 1.807) is 18.2 Å². The molecule has 5 rings (SSSR count). The Kier molecular flexibility index (Phi) is 10.9. The molecular formula is C38H37FN4O5S. The van der Waals surface area contributed by atoms with E-state index < -0.39 is 29.7 Å². The number of carbonyl (C=O) groups excluding carboxylic acids is 2. The molecule has 11 heteroatoms. The minimum Gasteiger partial charge on any atom is -0.480 e. The summed E-state index contributed by atoms with van der Waals surface area (Å²) < 4.78 is 20.5. The smallest absolute Gasteiger partial charge is 0.325 e. The summed E-state index contributed by atoms with van der Waals surface area (Å²) in [5, 5.41) is 11.8. The van der Waals surface area contributed by atoms with E-state index in [-0.39, 0.29) is 35.5 Å². The predicted molar refractivity (Wildman–Crippen MR) is 186 cm³/mol. The van der Waals surface area contributed by atoms with Gasteiger partial charge in [-0.3, -0.25) is 14.4 Å². The minimum atomic E-state index is -1.16. The lowest BCUT2D eigenvalue weighted by Gasteiger charge is -2.18.